The van der Waals surface area contributed by atoms with E-state index in [1.165, 1.54) is 0 Å². The molecule has 0 bridgehead atoms. The van der Waals surface area contributed by atoms with E-state index in [1.807, 2.05) is 29.9 Å². The third-order valence-electron chi connectivity index (χ3n) is 5.32. The zero-order chi connectivity index (χ0) is 18.6. The number of piperidine rings is 1. The molecule has 1 aliphatic heterocycles. The largest absolute Gasteiger partial charge is 0.313 e. The van der Waals surface area contributed by atoms with Gasteiger partial charge in [0.1, 0.15) is 12.4 Å². The Kier molecular flexibility index (Phi) is 5.29. The molecule has 0 aromatic carbocycles. The first kappa shape index (κ1) is 17.9. The van der Waals surface area contributed by atoms with Gasteiger partial charge >= 0.3 is 0 Å². The lowest BCUT2D eigenvalue weighted by Gasteiger charge is -2.31. The maximum Gasteiger partial charge on any atom is 0.154 e. The zero-order valence-corrected chi connectivity index (χ0v) is 16.1. The second-order valence-corrected chi connectivity index (χ2v) is 7.24. The standard InChI is InChI=1S/C20H27N7/c1-3-27-19(15-26-11-5-10-21-26)23-24-20(27)17-8-12-25(13-9-17)14-18-7-4-6-16(2)22-18/h4-7,10-11,17H,3,8-9,12-15H2,1-2H3. The van der Waals surface area contributed by atoms with E-state index in [0.29, 0.717) is 12.5 Å². The molecule has 27 heavy (non-hydrogen) atoms. The minimum absolute atomic E-state index is 0.477. The number of pyridine rings is 1. The van der Waals surface area contributed by atoms with Crippen LogP contribution >= 0.6 is 0 Å². The third kappa shape index (κ3) is 4.08. The Balaban J connectivity index is 1.40. The van der Waals surface area contributed by atoms with Crippen molar-refractivity contribution in [2.24, 2.45) is 0 Å². The number of aromatic nitrogens is 6. The lowest BCUT2D eigenvalue weighted by molar-refractivity contribution is 0.198. The van der Waals surface area contributed by atoms with Gasteiger partial charge in [-0.2, -0.15) is 5.10 Å². The van der Waals surface area contributed by atoms with Crippen LogP contribution in [0.4, 0.5) is 0 Å². The van der Waals surface area contributed by atoms with Crippen LogP contribution in [-0.2, 0) is 19.6 Å². The van der Waals surface area contributed by atoms with Gasteiger partial charge in [0.15, 0.2) is 5.82 Å². The van der Waals surface area contributed by atoms with Gasteiger partial charge in [-0.15, -0.1) is 10.2 Å². The van der Waals surface area contributed by atoms with Crippen LogP contribution in [0.2, 0.25) is 0 Å². The maximum atomic E-state index is 4.63. The summed E-state index contributed by atoms with van der Waals surface area (Å²) in [7, 11) is 0. The van der Waals surface area contributed by atoms with E-state index in [2.05, 4.69) is 48.8 Å². The van der Waals surface area contributed by atoms with Gasteiger partial charge in [-0.05, 0) is 58.0 Å². The number of nitrogens with zero attached hydrogens (tertiary/aromatic N) is 7. The molecule has 3 aromatic rings. The molecule has 4 heterocycles. The summed E-state index contributed by atoms with van der Waals surface area (Å²) in [4.78, 5) is 7.13. The molecule has 0 aliphatic carbocycles. The molecular weight excluding hydrogens is 338 g/mol. The second-order valence-electron chi connectivity index (χ2n) is 7.24. The quantitative estimate of drug-likeness (QED) is 0.672. The van der Waals surface area contributed by atoms with E-state index >= 15 is 0 Å². The van der Waals surface area contributed by atoms with E-state index in [0.717, 1.165) is 62.1 Å². The molecule has 0 atom stereocenters. The Morgan fingerprint density at radius 3 is 2.63 bits per heavy atom. The Bertz CT molecular complexity index is 860. The molecule has 1 saturated heterocycles. The average Bonchev–Trinajstić information content (AvgIpc) is 3.32. The average molecular weight is 365 g/mol. The van der Waals surface area contributed by atoms with Gasteiger partial charge in [0.25, 0.3) is 0 Å². The van der Waals surface area contributed by atoms with Gasteiger partial charge in [0.05, 0.1) is 5.69 Å². The smallest absolute Gasteiger partial charge is 0.154 e. The summed E-state index contributed by atoms with van der Waals surface area (Å²) in [6.45, 7) is 8.86. The first-order chi connectivity index (χ1) is 13.2. The summed E-state index contributed by atoms with van der Waals surface area (Å²) in [6.07, 6.45) is 6.00. The minimum atomic E-state index is 0.477. The van der Waals surface area contributed by atoms with Crippen LogP contribution in [0.1, 0.15) is 48.7 Å². The van der Waals surface area contributed by atoms with E-state index in [4.69, 9.17) is 0 Å². The minimum Gasteiger partial charge on any atom is -0.313 e. The number of likely N-dealkylation sites (tertiary alicyclic amines) is 1. The van der Waals surface area contributed by atoms with Crippen molar-refractivity contribution in [3.05, 3.63) is 59.7 Å². The Hall–Kier alpha value is -2.54. The summed E-state index contributed by atoms with van der Waals surface area (Å²) < 4.78 is 4.17. The van der Waals surface area contributed by atoms with Crippen LogP contribution in [0, 0.1) is 6.92 Å². The zero-order valence-electron chi connectivity index (χ0n) is 16.1. The predicted molar refractivity (Wildman–Crippen MR) is 103 cm³/mol. The van der Waals surface area contributed by atoms with E-state index in [9.17, 15) is 0 Å². The van der Waals surface area contributed by atoms with Gasteiger partial charge in [-0.1, -0.05) is 6.07 Å². The van der Waals surface area contributed by atoms with E-state index in [1.54, 1.807) is 6.20 Å². The van der Waals surface area contributed by atoms with Crippen LogP contribution < -0.4 is 0 Å². The molecule has 0 N–H and O–H groups in total. The third-order valence-corrected chi connectivity index (χ3v) is 5.32. The molecule has 0 amide bonds. The van der Waals surface area contributed by atoms with Crippen LogP contribution in [0.15, 0.2) is 36.7 Å². The summed E-state index contributed by atoms with van der Waals surface area (Å²) in [5.74, 6) is 2.60. The number of hydrogen-bond donors (Lipinski definition) is 0. The van der Waals surface area contributed by atoms with Crippen molar-refractivity contribution in [2.75, 3.05) is 13.1 Å². The first-order valence-electron chi connectivity index (χ1n) is 9.77. The molecule has 1 fully saturated rings. The van der Waals surface area contributed by atoms with Crippen LogP contribution in [-0.4, -0.2) is 47.5 Å². The van der Waals surface area contributed by atoms with Crippen molar-refractivity contribution >= 4 is 0 Å². The highest BCUT2D eigenvalue weighted by molar-refractivity contribution is 5.10. The van der Waals surface area contributed by atoms with Crippen molar-refractivity contribution in [1.29, 1.82) is 0 Å². The topological polar surface area (TPSA) is 64.7 Å². The summed E-state index contributed by atoms with van der Waals surface area (Å²) in [5.41, 5.74) is 2.25. The van der Waals surface area contributed by atoms with Gasteiger partial charge in [0, 0.05) is 37.1 Å². The van der Waals surface area contributed by atoms with Crippen molar-refractivity contribution in [1.82, 2.24) is 34.4 Å². The maximum absolute atomic E-state index is 4.63. The summed E-state index contributed by atoms with van der Waals surface area (Å²) in [6, 6.07) is 8.20. The fourth-order valence-electron chi connectivity index (χ4n) is 3.92. The molecular formula is C20H27N7. The molecule has 1 aliphatic rings. The van der Waals surface area contributed by atoms with Crippen LogP contribution in [0.25, 0.3) is 0 Å². The first-order valence-corrected chi connectivity index (χ1v) is 9.77. The van der Waals surface area contributed by atoms with Crippen molar-refractivity contribution in [3.8, 4) is 0 Å². The van der Waals surface area contributed by atoms with Crippen molar-refractivity contribution < 1.29 is 0 Å². The lowest BCUT2D eigenvalue weighted by Crippen LogP contribution is -2.33. The second kappa shape index (κ2) is 8.00. The normalized spacial score (nSPS) is 16.1. The molecule has 142 valence electrons. The number of rotatable bonds is 6. The molecule has 3 aromatic heterocycles. The highest BCUT2D eigenvalue weighted by atomic mass is 15.3. The lowest BCUT2D eigenvalue weighted by atomic mass is 9.95. The highest BCUT2D eigenvalue weighted by Crippen LogP contribution is 2.28. The SMILES string of the molecule is CCn1c(Cn2cccn2)nnc1C1CCN(Cc2cccc(C)n2)CC1. The number of aryl methyl sites for hydroxylation is 1. The molecule has 0 unspecified atom stereocenters. The van der Waals surface area contributed by atoms with Crippen LogP contribution in [0.5, 0.6) is 0 Å². The van der Waals surface area contributed by atoms with Crippen molar-refractivity contribution in [3.63, 3.8) is 0 Å². The molecule has 7 nitrogen and oxygen atoms in total. The fraction of sp³-hybridized carbons (Fsp3) is 0.500. The van der Waals surface area contributed by atoms with Gasteiger partial charge in [-0.25, -0.2) is 0 Å². The predicted octanol–water partition coefficient (Wildman–Crippen LogP) is 2.63. The van der Waals surface area contributed by atoms with Gasteiger partial charge < -0.3 is 4.57 Å². The monoisotopic (exact) mass is 365 g/mol. The van der Waals surface area contributed by atoms with Crippen molar-refractivity contribution in [2.45, 2.75) is 52.2 Å². The number of hydrogen-bond acceptors (Lipinski definition) is 5. The molecule has 0 radical (unpaired) electrons. The van der Waals surface area contributed by atoms with E-state index < -0.39 is 0 Å². The van der Waals surface area contributed by atoms with Gasteiger partial charge in [-0.3, -0.25) is 14.6 Å². The van der Waals surface area contributed by atoms with Gasteiger partial charge in [0.2, 0.25) is 0 Å². The molecule has 7 heteroatoms. The summed E-state index contributed by atoms with van der Waals surface area (Å²) in [5, 5.41) is 13.3. The van der Waals surface area contributed by atoms with E-state index in [-0.39, 0.29) is 0 Å². The highest BCUT2D eigenvalue weighted by Gasteiger charge is 2.26. The summed E-state index contributed by atoms with van der Waals surface area (Å²) >= 11 is 0. The Morgan fingerprint density at radius 2 is 1.93 bits per heavy atom. The molecule has 0 spiro atoms. The fourth-order valence-corrected chi connectivity index (χ4v) is 3.92. The Morgan fingerprint density at radius 1 is 1.07 bits per heavy atom. The molecule has 0 saturated carbocycles. The van der Waals surface area contributed by atoms with Crippen LogP contribution in [0.3, 0.4) is 0 Å². The molecule has 4 rings (SSSR count). The Labute approximate surface area is 160 Å².